The molecule has 0 aliphatic carbocycles. The number of ether oxygens (including phenoxy) is 1. The number of hydrogen-bond acceptors (Lipinski definition) is 4. The molecule has 5 nitrogen and oxygen atoms in total. The largest absolute Gasteiger partial charge is 0.395 e. The number of benzene rings is 1. The molecule has 0 saturated heterocycles. The first-order valence-electron chi connectivity index (χ1n) is 4.87. The van der Waals surface area contributed by atoms with E-state index < -0.39 is 21.9 Å². The standard InChI is InChI=1S/C10H14FNO4S/c1-16-7-9(6-13)12-17(14,15)10-4-2-8(11)3-5-10/h2-5,9,12-13H,6-7H2,1H3. The smallest absolute Gasteiger partial charge is 0.240 e. The van der Waals surface area contributed by atoms with Crippen LogP contribution in [0.25, 0.3) is 0 Å². The van der Waals surface area contributed by atoms with E-state index in [-0.39, 0.29) is 18.1 Å². The number of rotatable bonds is 6. The molecular weight excluding hydrogens is 249 g/mol. The van der Waals surface area contributed by atoms with Gasteiger partial charge < -0.3 is 9.84 Å². The first-order chi connectivity index (χ1) is 7.99. The molecule has 0 saturated carbocycles. The maximum absolute atomic E-state index is 12.6. The van der Waals surface area contributed by atoms with E-state index in [1.165, 1.54) is 7.11 Å². The molecule has 17 heavy (non-hydrogen) atoms. The number of aliphatic hydroxyl groups is 1. The number of aliphatic hydroxyl groups excluding tert-OH is 1. The minimum Gasteiger partial charge on any atom is -0.395 e. The Morgan fingerprint density at radius 3 is 2.47 bits per heavy atom. The number of methoxy groups -OCH3 is 1. The third-order valence-electron chi connectivity index (χ3n) is 2.03. The van der Waals surface area contributed by atoms with E-state index in [1.54, 1.807) is 0 Å². The zero-order chi connectivity index (χ0) is 12.9. The van der Waals surface area contributed by atoms with Gasteiger partial charge in [-0.25, -0.2) is 17.5 Å². The normalized spacial score (nSPS) is 13.6. The molecule has 0 aromatic heterocycles. The molecule has 0 radical (unpaired) electrons. The molecule has 0 aliphatic heterocycles. The van der Waals surface area contributed by atoms with E-state index in [2.05, 4.69) is 4.72 Å². The fourth-order valence-electron chi connectivity index (χ4n) is 1.23. The molecule has 1 rings (SSSR count). The van der Waals surface area contributed by atoms with Gasteiger partial charge in [0.15, 0.2) is 0 Å². The molecule has 2 N–H and O–H groups in total. The highest BCUT2D eigenvalue weighted by Gasteiger charge is 2.19. The molecule has 1 aromatic carbocycles. The number of nitrogens with one attached hydrogen (secondary N) is 1. The van der Waals surface area contributed by atoms with Crippen LogP contribution in [0, 0.1) is 5.82 Å². The summed E-state index contributed by atoms with van der Waals surface area (Å²) in [4.78, 5) is -0.0616. The van der Waals surface area contributed by atoms with Crippen LogP contribution in [0.1, 0.15) is 0 Å². The summed E-state index contributed by atoms with van der Waals surface area (Å²) in [7, 11) is -2.37. The van der Waals surface area contributed by atoms with Gasteiger partial charge in [-0.05, 0) is 24.3 Å². The van der Waals surface area contributed by atoms with Crippen LogP contribution in [0.3, 0.4) is 0 Å². The molecule has 96 valence electrons. The molecular formula is C10H14FNO4S. The highest BCUT2D eigenvalue weighted by molar-refractivity contribution is 7.89. The SMILES string of the molecule is COCC(CO)NS(=O)(=O)c1ccc(F)cc1. The van der Waals surface area contributed by atoms with Gasteiger partial charge >= 0.3 is 0 Å². The van der Waals surface area contributed by atoms with E-state index >= 15 is 0 Å². The van der Waals surface area contributed by atoms with Crippen LogP contribution >= 0.6 is 0 Å². The highest BCUT2D eigenvalue weighted by atomic mass is 32.2. The molecule has 0 fully saturated rings. The summed E-state index contributed by atoms with van der Waals surface area (Å²) in [6, 6.07) is 3.69. The Balaban J connectivity index is 2.84. The fourth-order valence-corrected chi connectivity index (χ4v) is 2.44. The predicted octanol–water partition coefficient (Wildman–Crippen LogP) is 0.111. The van der Waals surface area contributed by atoms with E-state index in [4.69, 9.17) is 9.84 Å². The Bertz CT molecular complexity index is 446. The summed E-state index contributed by atoms with van der Waals surface area (Å²) in [5.41, 5.74) is 0. The third-order valence-corrected chi connectivity index (χ3v) is 3.57. The summed E-state index contributed by atoms with van der Waals surface area (Å²) in [6.45, 7) is -0.328. The third kappa shape index (κ3) is 4.04. The lowest BCUT2D eigenvalue weighted by molar-refractivity contribution is 0.139. The Labute approximate surface area is 99.3 Å². The van der Waals surface area contributed by atoms with Crippen LogP contribution in [-0.4, -0.2) is 39.9 Å². The lowest BCUT2D eigenvalue weighted by Gasteiger charge is -2.15. The van der Waals surface area contributed by atoms with Crippen molar-refractivity contribution in [3.63, 3.8) is 0 Å². The number of sulfonamides is 1. The van der Waals surface area contributed by atoms with Crippen LogP contribution in [0.4, 0.5) is 4.39 Å². The summed E-state index contributed by atoms with van der Waals surface area (Å²) in [6.07, 6.45) is 0. The van der Waals surface area contributed by atoms with Crippen molar-refractivity contribution in [1.82, 2.24) is 4.72 Å². The number of halogens is 1. The summed E-state index contributed by atoms with van der Waals surface area (Å²) in [5, 5.41) is 8.94. The minimum absolute atomic E-state index is 0.0525. The van der Waals surface area contributed by atoms with Gasteiger partial charge in [0.05, 0.1) is 24.2 Å². The maximum atomic E-state index is 12.6. The molecule has 0 amide bonds. The monoisotopic (exact) mass is 263 g/mol. The van der Waals surface area contributed by atoms with E-state index in [0.29, 0.717) is 0 Å². The second-order valence-electron chi connectivity index (χ2n) is 3.41. The van der Waals surface area contributed by atoms with Crippen molar-refractivity contribution in [3.8, 4) is 0 Å². The first kappa shape index (κ1) is 14.0. The highest BCUT2D eigenvalue weighted by Crippen LogP contribution is 2.10. The van der Waals surface area contributed by atoms with E-state index in [9.17, 15) is 12.8 Å². The van der Waals surface area contributed by atoms with Crippen molar-refractivity contribution < 1.29 is 22.7 Å². The van der Waals surface area contributed by atoms with Crippen molar-refractivity contribution in [3.05, 3.63) is 30.1 Å². The van der Waals surface area contributed by atoms with Crippen molar-refractivity contribution >= 4 is 10.0 Å². The first-order valence-corrected chi connectivity index (χ1v) is 6.35. The zero-order valence-electron chi connectivity index (χ0n) is 9.26. The van der Waals surface area contributed by atoms with Gasteiger partial charge in [-0.2, -0.15) is 0 Å². The Morgan fingerprint density at radius 1 is 1.41 bits per heavy atom. The van der Waals surface area contributed by atoms with Gasteiger partial charge in [-0.1, -0.05) is 0 Å². The lowest BCUT2D eigenvalue weighted by Crippen LogP contribution is -2.40. The molecule has 0 bridgehead atoms. The Morgan fingerprint density at radius 2 is 2.00 bits per heavy atom. The van der Waals surface area contributed by atoms with Gasteiger partial charge in [0.1, 0.15) is 5.82 Å². The lowest BCUT2D eigenvalue weighted by atomic mass is 10.4. The number of hydrogen-bond donors (Lipinski definition) is 2. The zero-order valence-corrected chi connectivity index (χ0v) is 10.1. The molecule has 1 unspecified atom stereocenters. The molecule has 0 heterocycles. The van der Waals surface area contributed by atoms with Gasteiger partial charge in [0, 0.05) is 7.11 Å². The van der Waals surface area contributed by atoms with Crippen molar-refractivity contribution in [2.45, 2.75) is 10.9 Å². The van der Waals surface area contributed by atoms with E-state index in [1.807, 2.05) is 0 Å². The van der Waals surface area contributed by atoms with Crippen molar-refractivity contribution in [2.75, 3.05) is 20.3 Å². The molecule has 1 atom stereocenters. The van der Waals surface area contributed by atoms with Crippen LogP contribution in [0.2, 0.25) is 0 Å². The summed E-state index contributed by atoms with van der Waals surface area (Å²) >= 11 is 0. The predicted molar refractivity (Wildman–Crippen MR) is 59.5 cm³/mol. The van der Waals surface area contributed by atoms with E-state index in [0.717, 1.165) is 24.3 Å². The average Bonchev–Trinajstić information content (AvgIpc) is 2.28. The topological polar surface area (TPSA) is 75.6 Å². The second kappa shape index (κ2) is 6.06. The Kier molecular flexibility index (Phi) is 5.01. The quantitative estimate of drug-likeness (QED) is 0.764. The van der Waals surface area contributed by atoms with Crippen LogP contribution in [0.5, 0.6) is 0 Å². The van der Waals surface area contributed by atoms with Crippen molar-refractivity contribution in [2.24, 2.45) is 0 Å². The molecule has 0 spiro atoms. The Hall–Kier alpha value is -1.02. The average molecular weight is 263 g/mol. The summed E-state index contributed by atoms with van der Waals surface area (Å²) in [5.74, 6) is -0.514. The van der Waals surface area contributed by atoms with Crippen molar-refractivity contribution in [1.29, 1.82) is 0 Å². The minimum atomic E-state index is -3.77. The second-order valence-corrected chi connectivity index (χ2v) is 5.12. The van der Waals surface area contributed by atoms with Crippen LogP contribution in [-0.2, 0) is 14.8 Å². The molecule has 7 heteroatoms. The molecule has 0 aliphatic rings. The van der Waals surface area contributed by atoms with Gasteiger partial charge in [0.2, 0.25) is 10.0 Å². The van der Waals surface area contributed by atoms with Gasteiger partial charge in [0.25, 0.3) is 0 Å². The van der Waals surface area contributed by atoms with Crippen LogP contribution < -0.4 is 4.72 Å². The van der Waals surface area contributed by atoms with Gasteiger partial charge in [-0.15, -0.1) is 0 Å². The summed E-state index contributed by atoms with van der Waals surface area (Å²) < 4.78 is 43.2. The maximum Gasteiger partial charge on any atom is 0.240 e. The molecule has 1 aromatic rings. The van der Waals surface area contributed by atoms with Gasteiger partial charge in [-0.3, -0.25) is 0 Å². The van der Waals surface area contributed by atoms with Crippen LogP contribution in [0.15, 0.2) is 29.2 Å². The fraction of sp³-hybridized carbons (Fsp3) is 0.400.